The Morgan fingerprint density at radius 3 is 2.38 bits per heavy atom. The van der Waals surface area contributed by atoms with Gasteiger partial charge in [-0.15, -0.1) is 0 Å². The lowest BCUT2D eigenvalue weighted by molar-refractivity contribution is -0.156. The van der Waals surface area contributed by atoms with Crippen LogP contribution >= 0.6 is 0 Å². The second kappa shape index (κ2) is 13.8. The summed E-state index contributed by atoms with van der Waals surface area (Å²) in [4.78, 5) is 12.9. The standard InChI is InChI=1S/C23H39FO2/c1-7-12-13-21(24)17-20(10-4)18-23(15-8-2,22(25)26-11-5)16-14-19(6)9-3/h10,12-13,17,19H,7-9,11,14-16,18H2,1-6H3/b13-12+,20-10+,21-17+. The predicted molar refractivity (Wildman–Crippen MR) is 110 cm³/mol. The fourth-order valence-corrected chi connectivity index (χ4v) is 3.15. The van der Waals surface area contributed by atoms with E-state index in [2.05, 4.69) is 20.8 Å². The number of carbonyl (C=O) groups is 1. The molecule has 0 spiro atoms. The second-order valence-electron chi connectivity index (χ2n) is 7.18. The molecule has 2 atom stereocenters. The van der Waals surface area contributed by atoms with Crippen molar-refractivity contribution in [2.45, 2.75) is 86.5 Å². The van der Waals surface area contributed by atoms with E-state index >= 15 is 0 Å². The maximum Gasteiger partial charge on any atom is 0.312 e. The van der Waals surface area contributed by atoms with E-state index in [1.807, 2.05) is 26.8 Å². The van der Waals surface area contributed by atoms with Crippen LogP contribution in [0.4, 0.5) is 4.39 Å². The highest BCUT2D eigenvalue weighted by Crippen LogP contribution is 2.40. The number of halogens is 1. The van der Waals surface area contributed by atoms with Gasteiger partial charge in [-0.1, -0.05) is 52.7 Å². The Balaban J connectivity index is 5.64. The number of esters is 1. The van der Waals surface area contributed by atoms with Crippen LogP contribution < -0.4 is 0 Å². The molecule has 0 fully saturated rings. The van der Waals surface area contributed by atoms with Gasteiger partial charge in [0.1, 0.15) is 5.83 Å². The minimum Gasteiger partial charge on any atom is -0.466 e. The highest BCUT2D eigenvalue weighted by molar-refractivity contribution is 5.77. The molecule has 0 heterocycles. The van der Waals surface area contributed by atoms with E-state index < -0.39 is 5.41 Å². The van der Waals surface area contributed by atoms with Crippen molar-refractivity contribution in [1.82, 2.24) is 0 Å². The van der Waals surface area contributed by atoms with Crippen LogP contribution in [-0.4, -0.2) is 12.6 Å². The van der Waals surface area contributed by atoms with Gasteiger partial charge in [0.15, 0.2) is 0 Å². The molecule has 0 saturated heterocycles. The topological polar surface area (TPSA) is 26.3 Å². The van der Waals surface area contributed by atoms with Crippen molar-refractivity contribution in [1.29, 1.82) is 0 Å². The number of carbonyl (C=O) groups excluding carboxylic acids is 1. The third kappa shape index (κ3) is 8.82. The van der Waals surface area contributed by atoms with Crippen LogP contribution in [0.15, 0.2) is 35.7 Å². The Kier molecular flexibility index (Phi) is 13.0. The third-order valence-electron chi connectivity index (χ3n) is 5.00. The van der Waals surface area contributed by atoms with Crippen molar-refractivity contribution in [3.05, 3.63) is 35.7 Å². The molecule has 0 aliphatic carbocycles. The molecule has 0 aromatic heterocycles. The predicted octanol–water partition coefficient (Wildman–Crippen LogP) is 7.32. The summed E-state index contributed by atoms with van der Waals surface area (Å²) in [6, 6.07) is 0. The fraction of sp³-hybridized carbons (Fsp3) is 0.696. The number of ether oxygens (including phenoxy) is 1. The zero-order chi connectivity index (χ0) is 20.0. The number of hydrogen-bond acceptors (Lipinski definition) is 2. The molecule has 3 heteroatoms. The van der Waals surface area contributed by atoms with Crippen LogP contribution in [0.2, 0.25) is 0 Å². The first-order chi connectivity index (χ1) is 12.4. The number of rotatable bonds is 13. The van der Waals surface area contributed by atoms with Gasteiger partial charge in [0.2, 0.25) is 0 Å². The summed E-state index contributed by atoms with van der Waals surface area (Å²) in [5.74, 6) is 0.160. The first-order valence-corrected chi connectivity index (χ1v) is 10.2. The van der Waals surface area contributed by atoms with E-state index in [4.69, 9.17) is 4.74 Å². The second-order valence-corrected chi connectivity index (χ2v) is 7.18. The molecule has 0 N–H and O–H groups in total. The highest BCUT2D eigenvalue weighted by Gasteiger charge is 2.39. The van der Waals surface area contributed by atoms with Gasteiger partial charge in [0.25, 0.3) is 0 Å². The molecule has 2 unspecified atom stereocenters. The highest BCUT2D eigenvalue weighted by atomic mass is 19.1. The summed E-state index contributed by atoms with van der Waals surface area (Å²) in [6.07, 6.45) is 12.6. The van der Waals surface area contributed by atoms with Crippen molar-refractivity contribution in [2.24, 2.45) is 11.3 Å². The van der Waals surface area contributed by atoms with Gasteiger partial charge in [-0.25, -0.2) is 4.39 Å². The van der Waals surface area contributed by atoms with Crippen LogP contribution in [0, 0.1) is 11.3 Å². The summed E-state index contributed by atoms with van der Waals surface area (Å²) in [5.41, 5.74) is 0.287. The molecule has 0 bridgehead atoms. The minimum absolute atomic E-state index is 0.137. The molecule has 0 aliphatic heterocycles. The molecular weight excluding hydrogens is 327 g/mol. The van der Waals surface area contributed by atoms with Crippen molar-refractivity contribution >= 4 is 5.97 Å². The summed E-state index contributed by atoms with van der Waals surface area (Å²) in [6.45, 7) is 12.6. The Morgan fingerprint density at radius 1 is 1.19 bits per heavy atom. The first kappa shape index (κ1) is 24.6. The van der Waals surface area contributed by atoms with Gasteiger partial charge in [-0.2, -0.15) is 0 Å². The maximum absolute atomic E-state index is 14.1. The van der Waals surface area contributed by atoms with E-state index in [-0.39, 0.29) is 11.8 Å². The quantitative estimate of drug-likeness (QED) is 0.252. The van der Waals surface area contributed by atoms with Crippen LogP contribution in [0.3, 0.4) is 0 Å². The molecule has 150 valence electrons. The van der Waals surface area contributed by atoms with E-state index in [0.717, 1.165) is 44.1 Å². The molecule has 0 saturated carbocycles. The van der Waals surface area contributed by atoms with Gasteiger partial charge >= 0.3 is 5.97 Å². The average molecular weight is 367 g/mol. The zero-order valence-corrected chi connectivity index (χ0v) is 17.7. The maximum atomic E-state index is 14.1. The molecule has 0 amide bonds. The van der Waals surface area contributed by atoms with Crippen molar-refractivity contribution < 1.29 is 13.9 Å². The Hall–Kier alpha value is -1.38. The van der Waals surface area contributed by atoms with Crippen molar-refractivity contribution in [3.8, 4) is 0 Å². The van der Waals surface area contributed by atoms with E-state index in [1.54, 1.807) is 12.2 Å². The lowest BCUT2D eigenvalue weighted by atomic mass is 9.72. The smallest absolute Gasteiger partial charge is 0.312 e. The lowest BCUT2D eigenvalue weighted by Gasteiger charge is -2.33. The van der Waals surface area contributed by atoms with Gasteiger partial charge in [0, 0.05) is 0 Å². The third-order valence-corrected chi connectivity index (χ3v) is 5.00. The minimum atomic E-state index is -0.568. The largest absolute Gasteiger partial charge is 0.466 e. The van der Waals surface area contributed by atoms with E-state index in [1.165, 1.54) is 6.08 Å². The molecule has 2 nitrogen and oxygen atoms in total. The summed E-state index contributed by atoms with van der Waals surface area (Å²) < 4.78 is 19.6. The van der Waals surface area contributed by atoms with Crippen LogP contribution in [0.1, 0.15) is 86.5 Å². The van der Waals surface area contributed by atoms with Gasteiger partial charge in [0.05, 0.1) is 12.0 Å². The number of allylic oxidation sites excluding steroid dienone is 6. The van der Waals surface area contributed by atoms with Gasteiger partial charge < -0.3 is 4.74 Å². The van der Waals surface area contributed by atoms with Crippen molar-refractivity contribution in [3.63, 3.8) is 0 Å². The molecule has 26 heavy (non-hydrogen) atoms. The number of hydrogen-bond donors (Lipinski definition) is 0. The van der Waals surface area contributed by atoms with Crippen LogP contribution in [-0.2, 0) is 9.53 Å². The molecule has 0 aromatic carbocycles. The molecule has 0 aliphatic rings. The van der Waals surface area contributed by atoms with E-state index in [0.29, 0.717) is 18.9 Å². The average Bonchev–Trinajstić information content (AvgIpc) is 2.63. The normalized spacial score (nSPS) is 16.6. The van der Waals surface area contributed by atoms with Crippen LogP contribution in [0.25, 0.3) is 0 Å². The summed E-state index contributed by atoms with van der Waals surface area (Å²) in [7, 11) is 0. The zero-order valence-electron chi connectivity index (χ0n) is 17.7. The summed E-state index contributed by atoms with van der Waals surface area (Å²) in [5, 5.41) is 0. The van der Waals surface area contributed by atoms with E-state index in [9.17, 15) is 9.18 Å². The Labute approximate surface area is 160 Å². The fourth-order valence-electron chi connectivity index (χ4n) is 3.15. The monoisotopic (exact) mass is 366 g/mol. The van der Waals surface area contributed by atoms with Gasteiger partial charge in [-0.05, 0) is 69.6 Å². The molecule has 0 aromatic rings. The summed E-state index contributed by atoms with van der Waals surface area (Å²) >= 11 is 0. The molecule has 0 rings (SSSR count). The SMILES string of the molecule is C\C=C(/C=C(F)\C=C\CC)CC(CCC)(CCC(C)CC)C(=O)OCC. The first-order valence-electron chi connectivity index (χ1n) is 10.2. The van der Waals surface area contributed by atoms with Crippen molar-refractivity contribution in [2.75, 3.05) is 6.61 Å². The molecular formula is C23H39FO2. The lowest BCUT2D eigenvalue weighted by Crippen LogP contribution is -2.34. The Bertz CT molecular complexity index is 490. The molecule has 0 radical (unpaired) electrons. The Morgan fingerprint density at radius 2 is 1.88 bits per heavy atom. The van der Waals surface area contributed by atoms with Crippen LogP contribution in [0.5, 0.6) is 0 Å². The van der Waals surface area contributed by atoms with Gasteiger partial charge in [-0.3, -0.25) is 4.79 Å².